The summed E-state index contributed by atoms with van der Waals surface area (Å²) in [4.78, 5) is 17.5. The zero-order valence-corrected chi connectivity index (χ0v) is 14.9. The third-order valence-corrected chi connectivity index (χ3v) is 4.81. The molecule has 0 radical (unpaired) electrons. The first-order valence-corrected chi connectivity index (χ1v) is 8.56. The molecule has 0 fully saturated rings. The Balaban J connectivity index is 1.85. The fourth-order valence-electron chi connectivity index (χ4n) is 2.46. The second-order valence-electron chi connectivity index (χ2n) is 5.34. The standard InChI is InChI=1S/C17H12ClN3O3S/c1-9-3-5-11(24-9)8-14-16(22)21-17(25-14)19-15(20-21)12-7-10(18)4-6-13(12)23-2/h3-8H,1-2H3/b14-8-. The number of halogens is 1. The highest BCUT2D eigenvalue weighted by atomic mass is 35.5. The molecule has 25 heavy (non-hydrogen) atoms. The van der Waals surface area contributed by atoms with Crippen molar-refractivity contribution >= 4 is 34.0 Å². The molecule has 0 atom stereocenters. The van der Waals surface area contributed by atoms with Crippen molar-refractivity contribution in [2.24, 2.45) is 0 Å². The first-order chi connectivity index (χ1) is 12.0. The van der Waals surface area contributed by atoms with E-state index in [0.29, 0.717) is 37.4 Å². The summed E-state index contributed by atoms with van der Waals surface area (Å²) in [5.41, 5.74) is 0.395. The summed E-state index contributed by atoms with van der Waals surface area (Å²) in [5.74, 6) is 2.39. The minimum absolute atomic E-state index is 0.242. The molecule has 0 spiro atoms. The average Bonchev–Trinajstić information content (AvgIpc) is 3.26. The molecule has 0 aliphatic rings. The Morgan fingerprint density at radius 1 is 1.32 bits per heavy atom. The van der Waals surface area contributed by atoms with Gasteiger partial charge in [-0.05, 0) is 37.3 Å². The number of aryl methyl sites for hydroxylation is 1. The number of fused-ring (bicyclic) bond motifs is 1. The molecule has 1 aromatic carbocycles. The van der Waals surface area contributed by atoms with Gasteiger partial charge in [0.25, 0.3) is 5.56 Å². The van der Waals surface area contributed by atoms with E-state index in [1.807, 2.05) is 19.1 Å². The molecule has 4 rings (SSSR count). The molecular weight excluding hydrogens is 362 g/mol. The van der Waals surface area contributed by atoms with Crippen molar-refractivity contribution in [1.29, 1.82) is 0 Å². The molecule has 0 saturated carbocycles. The van der Waals surface area contributed by atoms with Crippen LogP contribution in [-0.4, -0.2) is 21.7 Å². The minimum atomic E-state index is -0.242. The molecule has 3 aromatic heterocycles. The van der Waals surface area contributed by atoms with Crippen molar-refractivity contribution in [2.45, 2.75) is 6.92 Å². The van der Waals surface area contributed by atoms with E-state index < -0.39 is 0 Å². The Morgan fingerprint density at radius 3 is 2.84 bits per heavy atom. The lowest BCUT2D eigenvalue weighted by atomic mass is 10.2. The maximum absolute atomic E-state index is 12.5. The Bertz CT molecular complexity index is 1190. The number of hydrogen-bond acceptors (Lipinski definition) is 6. The van der Waals surface area contributed by atoms with E-state index in [0.717, 1.165) is 5.76 Å². The van der Waals surface area contributed by atoms with Gasteiger partial charge in [0.05, 0.1) is 12.7 Å². The lowest BCUT2D eigenvalue weighted by molar-refractivity contribution is 0.416. The van der Waals surface area contributed by atoms with E-state index in [1.165, 1.54) is 15.9 Å². The zero-order valence-electron chi connectivity index (χ0n) is 13.3. The normalized spacial score (nSPS) is 12.2. The van der Waals surface area contributed by atoms with Crippen LogP contribution in [0.4, 0.5) is 0 Å². The van der Waals surface area contributed by atoms with Crippen LogP contribution in [-0.2, 0) is 0 Å². The summed E-state index contributed by atoms with van der Waals surface area (Å²) >= 11 is 7.30. The average molecular weight is 374 g/mol. The number of rotatable bonds is 3. The molecule has 4 aromatic rings. The van der Waals surface area contributed by atoms with Gasteiger partial charge in [-0.15, -0.1) is 5.10 Å². The fourth-order valence-corrected chi connectivity index (χ4v) is 3.52. The van der Waals surface area contributed by atoms with E-state index >= 15 is 0 Å². The van der Waals surface area contributed by atoms with Crippen LogP contribution in [0.5, 0.6) is 5.75 Å². The number of methoxy groups -OCH3 is 1. The van der Waals surface area contributed by atoms with Gasteiger partial charge in [0, 0.05) is 11.1 Å². The number of hydrogen-bond donors (Lipinski definition) is 0. The molecule has 3 heterocycles. The van der Waals surface area contributed by atoms with Gasteiger partial charge in [-0.2, -0.15) is 9.50 Å². The topological polar surface area (TPSA) is 69.6 Å². The summed E-state index contributed by atoms with van der Waals surface area (Å²) in [7, 11) is 1.56. The zero-order chi connectivity index (χ0) is 17.6. The van der Waals surface area contributed by atoms with Gasteiger partial charge in [0.2, 0.25) is 4.96 Å². The molecular formula is C17H12ClN3O3S. The SMILES string of the molecule is COc1ccc(Cl)cc1-c1nc2s/c(=C\c3ccc(C)o3)c(=O)n2n1. The van der Waals surface area contributed by atoms with Gasteiger partial charge in [0.15, 0.2) is 5.82 Å². The lowest BCUT2D eigenvalue weighted by Gasteiger charge is -2.04. The predicted molar refractivity (Wildman–Crippen MR) is 96.4 cm³/mol. The molecule has 8 heteroatoms. The molecule has 0 saturated heterocycles. The van der Waals surface area contributed by atoms with E-state index in [4.69, 9.17) is 20.8 Å². The molecule has 6 nitrogen and oxygen atoms in total. The van der Waals surface area contributed by atoms with Crippen molar-refractivity contribution in [3.63, 3.8) is 0 Å². The molecule has 0 aliphatic carbocycles. The summed E-state index contributed by atoms with van der Waals surface area (Å²) in [5, 5.41) is 4.85. The largest absolute Gasteiger partial charge is 0.496 e. The summed E-state index contributed by atoms with van der Waals surface area (Å²) < 4.78 is 12.6. The van der Waals surface area contributed by atoms with Gasteiger partial charge in [-0.25, -0.2) is 0 Å². The Morgan fingerprint density at radius 2 is 2.16 bits per heavy atom. The van der Waals surface area contributed by atoms with Crippen molar-refractivity contribution in [3.05, 3.63) is 61.8 Å². The molecule has 0 unspecified atom stereocenters. The smallest absolute Gasteiger partial charge is 0.291 e. The summed E-state index contributed by atoms with van der Waals surface area (Å²) in [6.45, 7) is 1.85. The molecule has 0 amide bonds. The summed E-state index contributed by atoms with van der Waals surface area (Å²) in [6, 6.07) is 8.83. The van der Waals surface area contributed by atoms with E-state index in [-0.39, 0.29) is 5.56 Å². The van der Waals surface area contributed by atoms with Crippen molar-refractivity contribution < 1.29 is 9.15 Å². The first-order valence-electron chi connectivity index (χ1n) is 7.37. The van der Waals surface area contributed by atoms with Crippen LogP contribution in [0.25, 0.3) is 22.4 Å². The number of benzene rings is 1. The molecule has 0 bridgehead atoms. The number of aromatic nitrogens is 3. The predicted octanol–water partition coefficient (Wildman–Crippen LogP) is 2.93. The number of ether oxygens (including phenoxy) is 1. The third-order valence-electron chi connectivity index (χ3n) is 3.62. The van der Waals surface area contributed by atoms with Crippen LogP contribution in [0, 0.1) is 6.92 Å². The van der Waals surface area contributed by atoms with Crippen molar-refractivity contribution in [2.75, 3.05) is 7.11 Å². The second kappa shape index (κ2) is 6.02. The highest BCUT2D eigenvalue weighted by molar-refractivity contribution is 7.15. The van der Waals surface area contributed by atoms with E-state index in [1.54, 1.807) is 31.4 Å². The van der Waals surface area contributed by atoms with Gasteiger partial charge in [-0.1, -0.05) is 22.9 Å². The van der Waals surface area contributed by atoms with Crippen LogP contribution >= 0.6 is 22.9 Å². The maximum atomic E-state index is 12.5. The molecule has 126 valence electrons. The quantitative estimate of drug-likeness (QED) is 0.552. The van der Waals surface area contributed by atoms with Crippen LogP contribution in [0.2, 0.25) is 5.02 Å². The second-order valence-corrected chi connectivity index (χ2v) is 6.78. The lowest BCUT2D eigenvalue weighted by Crippen LogP contribution is -2.23. The number of furan rings is 1. The molecule has 0 N–H and O–H groups in total. The first kappa shape index (κ1) is 15.9. The van der Waals surface area contributed by atoms with Crippen molar-refractivity contribution in [3.8, 4) is 17.1 Å². The van der Waals surface area contributed by atoms with Gasteiger partial charge >= 0.3 is 0 Å². The van der Waals surface area contributed by atoms with Crippen molar-refractivity contribution in [1.82, 2.24) is 14.6 Å². The van der Waals surface area contributed by atoms with Crippen LogP contribution in [0.15, 0.2) is 39.5 Å². The van der Waals surface area contributed by atoms with Gasteiger partial charge < -0.3 is 9.15 Å². The maximum Gasteiger partial charge on any atom is 0.291 e. The summed E-state index contributed by atoms with van der Waals surface area (Å²) in [6.07, 6.45) is 1.69. The van der Waals surface area contributed by atoms with E-state index in [9.17, 15) is 4.79 Å². The number of nitrogens with zero attached hydrogens (tertiary/aromatic N) is 3. The Hall–Kier alpha value is -2.64. The fraction of sp³-hybridized carbons (Fsp3) is 0.118. The highest BCUT2D eigenvalue weighted by Gasteiger charge is 2.16. The van der Waals surface area contributed by atoms with Gasteiger partial charge in [0.1, 0.15) is 21.8 Å². The monoisotopic (exact) mass is 373 g/mol. The van der Waals surface area contributed by atoms with E-state index in [2.05, 4.69) is 10.1 Å². The Labute approximate surface area is 150 Å². The minimum Gasteiger partial charge on any atom is -0.496 e. The molecule has 0 aliphatic heterocycles. The van der Waals surface area contributed by atoms with Crippen LogP contribution in [0.3, 0.4) is 0 Å². The Kier molecular flexibility index (Phi) is 3.82. The highest BCUT2D eigenvalue weighted by Crippen LogP contribution is 2.30. The van der Waals surface area contributed by atoms with Gasteiger partial charge in [-0.3, -0.25) is 4.79 Å². The number of thiazole rings is 1. The van der Waals surface area contributed by atoms with Crippen LogP contribution < -0.4 is 14.8 Å². The third kappa shape index (κ3) is 2.81. The van der Waals surface area contributed by atoms with Crippen LogP contribution in [0.1, 0.15) is 11.5 Å².